The lowest BCUT2D eigenvalue weighted by Crippen LogP contribution is -2.40. The Hall–Kier alpha value is -1.97. The van der Waals surface area contributed by atoms with E-state index in [1.54, 1.807) is 0 Å². The van der Waals surface area contributed by atoms with Gasteiger partial charge in [-0.3, -0.25) is 14.4 Å². The zero-order valence-corrected chi connectivity index (χ0v) is 14.0. The number of Topliss-reactive ketones (excluding diaryl/α,β-unsaturated/α-hetero) is 1. The summed E-state index contributed by atoms with van der Waals surface area (Å²) in [5.41, 5.74) is 1.65. The summed E-state index contributed by atoms with van der Waals surface area (Å²) in [4.78, 5) is 39.9. The molecule has 1 aliphatic heterocycles. The van der Waals surface area contributed by atoms with E-state index in [4.69, 9.17) is 0 Å². The Balaban J connectivity index is 1.84. The van der Waals surface area contributed by atoms with Crippen LogP contribution in [0, 0.1) is 36.5 Å². The first-order valence-corrected chi connectivity index (χ1v) is 8.17. The lowest BCUT2D eigenvalue weighted by molar-refractivity contribution is -0.138. The molecule has 2 amide bonds. The average molecular weight is 311 g/mol. The number of aryl methyl sites for hydroxylation is 2. The molecule has 23 heavy (non-hydrogen) atoms. The highest BCUT2D eigenvalue weighted by atomic mass is 16.2. The van der Waals surface area contributed by atoms with E-state index in [0.29, 0.717) is 18.5 Å². The van der Waals surface area contributed by atoms with Crippen molar-refractivity contribution in [1.82, 2.24) is 0 Å². The van der Waals surface area contributed by atoms with Gasteiger partial charge in [0.25, 0.3) is 0 Å². The molecule has 4 nitrogen and oxygen atoms in total. The summed E-state index contributed by atoms with van der Waals surface area (Å²) in [5, 5.41) is 0. The van der Waals surface area contributed by atoms with E-state index >= 15 is 0 Å². The molecule has 0 aromatic heterocycles. The topological polar surface area (TPSA) is 54.5 Å². The van der Waals surface area contributed by atoms with Gasteiger partial charge in [0, 0.05) is 11.8 Å². The van der Waals surface area contributed by atoms with Crippen LogP contribution in [-0.4, -0.2) is 17.6 Å². The van der Waals surface area contributed by atoms with E-state index in [-0.39, 0.29) is 28.9 Å². The monoisotopic (exact) mass is 311 g/mol. The Morgan fingerprint density at radius 1 is 1.04 bits per heavy atom. The molecule has 4 heteroatoms. The summed E-state index contributed by atoms with van der Waals surface area (Å²) in [6.07, 6.45) is 1.08. The lowest BCUT2D eigenvalue weighted by atomic mass is 9.68. The molecule has 0 spiro atoms. The van der Waals surface area contributed by atoms with Crippen molar-refractivity contribution in [2.75, 3.05) is 4.90 Å². The van der Waals surface area contributed by atoms with Gasteiger partial charge in [0.1, 0.15) is 5.78 Å². The molecular weight excluding hydrogens is 290 g/mol. The molecule has 1 saturated heterocycles. The molecule has 0 N–H and O–H groups in total. The first-order chi connectivity index (χ1) is 10.7. The molecule has 1 heterocycles. The molecule has 4 rings (SSSR count). The quantitative estimate of drug-likeness (QED) is 0.749. The molecule has 2 saturated carbocycles. The molecule has 2 aliphatic carbocycles. The number of carbonyl (C=O) groups is 3. The summed E-state index contributed by atoms with van der Waals surface area (Å²) < 4.78 is 0. The molecule has 0 radical (unpaired) electrons. The van der Waals surface area contributed by atoms with Gasteiger partial charge >= 0.3 is 0 Å². The van der Waals surface area contributed by atoms with Gasteiger partial charge in [0.2, 0.25) is 11.8 Å². The first-order valence-electron chi connectivity index (χ1n) is 8.17. The zero-order chi connectivity index (χ0) is 16.7. The van der Waals surface area contributed by atoms with Crippen LogP contribution in [-0.2, 0) is 14.4 Å². The molecule has 3 fully saturated rings. The maximum absolute atomic E-state index is 13.1. The van der Waals surface area contributed by atoms with E-state index in [9.17, 15) is 14.4 Å². The Morgan fingerprint density at radius 2 is 1.70 bits per heavy atom. The average Bonchev–Trinajstić information content (AvgIpc) is 2.94. The normalized spacial score (nSPS) is 38.6. The van der Waals surface area contributed by atoms with Crippen molar-refractivity contribution >= 4 is 23.3 Å². The SMILES string of the molecule is Cc1ccc(N2C(=O)[C@@H]3[C@H](C2=O)[C@@]2(C)C[C@@]3(C)CC2=O)c(C)c1. The van der Waals surface area contributed by atoms with Crippen LogP contribution < -0.4 is 4.90 Å². The van der Waals surface area contributed by atoms with Gasteiger partial charge in [-0.25, -0.2) is 4.90 Å². The van der Waals surface area contributed by atoms with Gasteiger partial charge in [-0.15, -0.1) is 0 Å². The van der Waals surface area contributed by atoms with Crippen molar-refractivity contribution in [2.24, 2.45) is 22.7 Å². The summed E-state index contributed by atoms with van der Waals surface area (Å²) in [5.74, 6) is -0.998. The van der Waals surface area contributed by atoms with Crippen molar-refractivity contribution in [3.8, 4) is 0 Å². The fraction of sp³-hybridized carbons (Fsp3) is 0.526. The van der Waals surface area contributed by atoms with E-state index in [2.05, 4.69) is 0 Å². The van der Waals surface area contributed by atoms with Crippen molar-refractivity contribution in [1.29, 1.82) is 0 Å². The Bertz CT molecular complexity index is 783. The molecule has 1 aromatic rings. The van der Waals surface area contributed by atoms with E-state index in [0.717, 1.165) is 11.1 Å². The maximum atomic E-state index is 13.1. The van der Waals surface area contributed by atoms with Crippen LogP contribution >= 0.6 is 0 Å². The smallest absolute Gasteiger partial charge is 0.238 e. The standard InChI is InChI=1S/C19H21NO3/c1-10-5-6-12(11(2)7-10)20-16(22)14-15(17(20)23)19(4)9-18(14,3)8-13(19)21/h5-7,14-15H,8-9H2,1-4H3/t14-,15+,18+,19-/m0/s1. The third-order valence-electron chi connectivity index (χ3n) is 6.31. The van der Waals surface area contributed by atoms with Crippen molar-refractivity contribution in [2.45, 2.75) is 40.5 Å². The largest absolute Gasteiger partial charge is 0.299 e. The molecular formula is C19H21NO3. The van der Waals surface area contributed by atoms with E-state index < -0.39 is 11.3 Å². The highest BCUT2D eigenvalue weighted by molar-refractivity contribution is 6.25. The molecule has 4 atom stereocenters. The summed E-state index contributed by atoms with van der Waals surface area (Å²) in [6.45, 7) is 7.78. The van der Waals surface area contributed by atoms with Crippen molar-refractivity contribution in [3.63, 3.8) is 0 Å². The van der Waals surface area contributed by atoms with Crippen molar-refractivity contribution < 1.29 is 14.4 Å². The first kappa shape index (κ1) is 14.6. The predicted molar refractivity (Wildman–Crippen MR) is 85.8 cm³/mol. The number of benzene rings is 1. The van der Waals surface area contributed by atoms with Gasteiger partial charge in [-0.05, 0) is 37.3 Å². The van der Waals surface area contributed by atoms with Crippen LogP contribution in [0.4, 0.5) is 5.69 Å². The van der Waals surface area contributed by atoms with Gasteiger partial charge in [-0.1, -0.05) is 31.5 Å². The van der Waals surface area contributed by atoms with Gasteiger partial charge in [0.05, 0.1) is 17.5 Å². The second-order valence-corrected chi connectivity index (χ2v) is 8.11. The summed E-state index contributed by atoms with van der Waals surface area (Å²) in [7, 11) is 0. The second-order valence-electron chi connectivity index (χ2n) is 8.11. The number of nitrogens with zero attached hydrogens (tertiary/aromatic N) is 1. The minimum atomic E-state index is -0.667. The lowest BCUT2D eigenvalue weighted by Gasteiger charge is -2.30. The van der Waals surface area contributed by atoms with E-state index in [1.165, 1.54) is 4.90 Å². The second kappa shape index (κ2) is 4.11. The molecule has 2 bridgehead atoms. The van der Waals surface area contributed by atoms with Gasteiger partial charge in [0.15, 0.2) is 0 Å². The Morgan fingerprint density at radius 3 is 2.35 bits per heavy atom. The third-order valence-corrected chi connectivity index (χ3v) is 6.31. The van der Waals surface area contributed by atoms with Crippen LogP contribution in [0.3, 0.4) is 0 Å². The number of anilines is 1. The zero-order valence-electron chi connectivity index (χ0n) is 14.0. The minimum absolute atomic E-state index is 0.120. The van der Waals surface area contributed by atoms with Crippen LogP contribution in [0.5, 0.6) is 0 Å². The number of carbonyl (C=O) groups excluding carboxylic acids is 3. The van der Waals surface area contributed by atoms with Gasteiger partial charge < -0.3 is 0 Å². The van der Waals surface area contributed by atoms with Crippen LogP contribution in [0.15, 0.2) is 18.2 Å². The highest BCUT2D eigenvalue weighted by Crippen LogP contribution is 2.68. The molecule has 1 aromatic carbocycles. The summed E-state index contributed by atoms with van der Waals surface area (Å²) in [6, 6.07) is 5.74. The third kappa shape index (κ3) is 1.59. The van der Waals surface area contributed by atoms with Crippen LogP contribution in [0.1, 0.15) is 37.8 Å². The molecule has 0 unspecified atom stereocenters. The van der Waals surface area contributed by atoms with Crippen LogP contribution in [0.2, 0.25) is 0 Å². The van der Waals surface area contributed by atoms with Gasteiger partial charge in [-0.2, -0.15) is 0 Å². The summed E-state index contributed by atoms with van der Waals surface area (Å²) >= 11 is 0. The number of hydrogen-bond acceptors (Lipinski definition) is 3. The maximum Gasteiger partial charge on any atom is 0.238 e. The molecule has 3 aliphatic rings. The number of amides is 2. The Kier molecular flexibility index (Phi) is 2.61. The number of imide groups is 1. The fourth-order valence-corrected chi connectivity index (χ4v) is 5.38. The highest BCUT2D eigenvalue weighted by Gasteiger charge is 2.74. The number of fused-ring (bicyclic) bond motifs is 5. The van der Waals surface area contributed by atoms with E-state index in [1.807, 2.05) is 45.9 Å². The Labute approximate surface area is 135 Å². The number of ketones is 1. The van der Waals surface area contributed by atoms with Crippen molar-refractivity contribution in [3.05, 3.63) is 29.3 Å². The minimum Gasteiger partial charge on any atom is -0.299 e. The number of rotatable bonds is 1. The van der Waals surface area contributed by atoms with Crippen LogP contribution in [0.25, 0.3) is 0 Å². The predicted octanol–water partition coefficient (Wildman–Crippen LogP) is 2.80. The molecule has 120 valence electrons. The number of hydrogen-bond donors (Lipinski definition) is 0. The fourth-order valence-electron chi connectivity index (χ4n) is 5.38.